The second-order valence-corrected chi connectivity index (χ2v) is 7.77. The van der Waals surface area contributed by atoms with E-state index in [-0.39, 0.29) is 12.0 Å². The second-order valence-electron chi connectivity index (χ2n) is 7.77. The third-order valence-electron chi connectivity index (χ3n) is 5.42. The molecule has 1 aliphatic rings. The summed E-state index contributed by atoms with van der Waals surface area (Å²) in [5.41, 5.74) is -0.775. The van der Waals surface area contributed by atoms with Crippen LogP contribution in [0.15, 0.2) is 54.6 Å². The maximum atomic E-state index is 14.7. The van der Waals surface area contributed by atoms with Crippen LogP contribution in [0.3, 0.4) is 0 Å². The Morgan fingerprint density at radius 3 is 2.32 bits per heavy atom. The Bertz CT molecular complexity index is 924. The van der Waals surface area contributed by atoms with Crippen LogP contribution in [0, 0.1) is 17.1 Å². The number of nitrogens with zero attached hydrogens (tertiary/aromatic N) is 1. The topological polar surface area (TPSA) is 64.9 Å². The van der Waals surface area contributed by atoms with Gasteiger partial charge < -0.3 is 5.32 Å². The summed E-state index contributed by atoms with van der Waals surface area (Å²) < 4.78 is 56.2. The number of hydrogen-bond donors (Lipinski definition) is 2. The van der Waals surface area contributed by atoms with Crippen LogP contribution in [-0.2, 0) is 10.7 Å². The molecule has 1 fully saturated rings. The van der Waals surface area contributed by atoms with Crippen molar-refractivity contribution in [1.82, 2.24) is 10.6 Å². The molecule has 8 heteroatoms. The van der Waals surface area contributed by atoms with Crippen molar-refractivity contribution in [3.8, 4) is 6.07 Å². The van der Waals surface area contributed by atoms with Crippen LogP contribution < -0.4 is 10.6 Å². The first-order valence-corrected chi connectivity index (χ1v) is 10.0. The van der Waals surface area contributed by atoms with Gasteiger partial charge in [-0.3, -0.25) is 10.1 Å². The third-order valence-corrected chi connectivity index (χ3v) is 5.42. The highest BCUT2D eigenvalue weighted by Crippen LogP contribution is 2.36. The quantitative estimate of drug-likeness (QED) is 0.541. The van der Waals surface area contributed by atoms with Gasteiger partial charge in [-0.05, 0) is 37.0 Å². The van der Waals surface area contributed by atoms with Crippen LogP contribution in [-0.4, -0.2) is 24.2 Å². The Balaban J connectivity index is 1.76. The highest BCUT2D eigenvalue weighted by Gasteiger charge is 2.46. The highest BCUT2D eigenvalue weighted by molar-refractivity contribution is 5.83. The predicted octanol–water partition coefficient (Wildman–Crippen LogP) is 4.54. The van der Waals surface area contributed by atoms with Crippen molar-refractivity contribution in [2.45, 2.75) is 49.2 Å². The molecular formula is C23H23F4N3O. The lowest BCUT2D eigenvalue weighted by molar-refractivity contribution is -0.124. The zero-order chi connectivity index (χ0) is 22.5. The number of hydrogen-bond acceptors (Lipinski definition) is 3. The van der Waals surface area contributed by atoms with E-state index in [1.807, 2.05) is 6.07 Å². The van der Waals surface area contributed by atoms with E-state index in [9.17, 15) is 27.6 Å². The Morgan fingerprint density at radius 1 is 1.13 bits per heavy atom. The van der Waals surface area contributed by atoms with Crippen LogP contribution in [0.2, 0.25) is 0 Å². The Kier molecular flexibility index (Phi) is 6.96. The summed E-state index contributed by atoms with van der Waals surface area (Å²) in [5, 5.41) is 14.6. The van der Waals surface area contributed by atoms with Crippen LogP contribution in [0.25, 0.3) is 0 Å². The third kappa shape index (κ3) is 5.82. The smallest absolute Gasteiger partial charge is 0.273 e. The highest BCUT2D eigenvalue weighted by atomic mass is 19.3. The van der Waals surface area contributed by atoms with Gasteiger partial charge >= 0.3 is 0 Å². The van der Waals surface area contributed by atoms with Crippen molar-refractivity contribution in [2.75, 3.05) is 6.67 Å². The van der Waals surface area contributed by atoms with E-state index < -0.39 is 48.4 Å². The van der Waals surface area contributed by atoms with Gasteiger partial charge in [0, 0.05) is 12.0 Å². The molecule has 31 heavy (non-hydrogen) atoms. The molecule has 3 rings (SSSR count). The Morgan fingerprint density at radius 2 is 1.77 bits per heavy atom. The monoisotopic (exact) mass is 433 g/mol. The lowest BCUT2D eigenvalue weighted by atomic mass is 9.98. The summed E-state index contributed by atoms with van der Waals surface area (Å²) >= 11 is 0. The van der Waals surface area contributed by atoms with E-state index in [1.165, 1.54) is 36.4 Å². The zero-order valence-electron chi connectivity index (χ0n) is 16.8. The first-order chi connectivity index (χ1) is 14.8. The van der Waals surface area contributed by atoms with Gasteiger partial charge in [0.2, 0.25) is 5.91 Å². The zero-order valence-corrected chi connectivity index (χ0v) is 16.8. The molecule has 0 bridgehead atoms. The maximum Gasteiger partial charge on any atom is 0.273 e. The van der Waals surface area contributed by atoms with Crippen molar-refractivity contribution in [3.63, 3.8) is 0 Å². The first kappa shape index (κ1) is 22.8. The number of alkyl halides is 3. The van der Waals surface area contributed by atoms with E-state index >= 15 is 0 Å². The van der Waals surface area contributed by atoms with Crippen molar-refractivity contribution in [2.24, 2.45) is 0 Å². The minimum absolute atomic E-state index is 0.176. The number of benzene rings is 2. The molecule has 2 N–H and O–H groups in total. The predicted molar refractivity (Wildman–Crippen MR) is 107 cm³/mol. The van der Waals surface area contributed by atoms with E-state index in [2.05, 4.69) is 10.6 Å². The number of carbonyl (C=O) groups excluding carboxylic acids is 1. The van der Waals surface area contributed by atoms with E-state index in [0.717, 1.165) is 12.1 Å². The van der Waals surface area contributed by atoms with Crippen molar-refractivity contribution < 1.29 is 22.4 Å². The maximum absolute atomic E-state index is 14.7. The molecular weight excluding hydrogens is 410 g/mol. The molecule has 2 aromatic carbocycles. The average Bonchev–Trinajstić information content (AvgIpc) is 3.55. The van der Waals surface area contributed by atoms with Crippen molar-refractivity contribution in [1.29, 1.82) is 5.26 Å². The molecule has 1 saturated carbocycles. The fourth-order valence-corrected chi connectivity index (χ4v) is 3.32. The fraction of sp³-hybridized carbons (Fsp3) is 0.391. The van der Waals surface area contributed by atoms with Gasteiger partial charge in [-0.2, -0.15) is 5.26 Å². The minimum atomic E-state index is -3.19. The van der Waals surface area contributed by atoms with Crippen molar-refractivity contribution in [3.05, 3.63) is 71.5 Å². The number of rotatable bonds is 10. The van der Waals surface area contributed by atoms with E-state index in [4.69, 9.17) is 0 Å². The van der Waals surface area contributed by atoms with Gasteiger partial charge in [0.25, 0.3) is 5.92 Å². The Hall–Kier alpha value is -2.92. The molecule has 0 aromatic heterocycles. The molecule has 0 radical (unpaired) electrons. The SMILES string of the molecule is N#CC1(NC(=O)[C@H](CCC(F)(F)c2ccccc2)N[C@H](CF)c2ccc(F)cc2)CC1. The van der Waals surface area contributed by atoms with Gasteiger partial charge in [0.05, 0.1) is 18.2 Å². The van der Waals surface area contributed by atoms with Gasteiger partial charge in [-0.1, -0.05) is 42.5 Å². The number of nitriles is 1. The van der Waals surface area contributed by atoms with Crippen LogP contribution in [0.1, 0.15) is 42.9 Å². The molecule has 0 saturated heterocycles. The lowest BCUT2D eigenvalue weighted by Crippen LogP contribution is -2.50. The van der Waals surface area contributed by atoms with Gasteiger partial charge in [0.15, 0.2) is 0 Å². The summed E-state index contributed by atoms with van der Waals surface area (Å²) in [5.74, 6) is -4.32. The van der Waals surface area contributed by atoms with Crippen LogP contribution in [0.5, 0.6) is 0 Å². The lowest BCUT2D eigenvalue weighted by Gasteiger charge is -2.26. The number of carbonyl (C=O) groups is 1. The number of nitrogens with one attached hydrogen (secondary N) is 2. The van der Waals surface area contributed by atoms with Gasteiger partial charge in [-0.15, -0.1) is 0 Å². The summed E-state index contributed by atoms with van der Waals surface area (Å²) in [6.07, 6.45) is 0.0241. The first-order valence-electron chi connectivity index (χ1n) is 10.0. The molecule has 2 aromatic rings. The molecule has 2 atom stereocenters. The number of amides is 1. The van der Waals surface area contributed by atoms with E-state index in [1.54, 1.807) is 6.07 Å². The molecule has 1 aliphatic carbocycles. The molecule has 164 valence electrons. The largest absolute Gasteiger partial charge is 0.336 e. The van der Waals surface area contributed by atoms with Crippen molar-refractivity contribution >= 4 is 5.91 Å². The standard InChI is InChI=1S/C23H23F4N3O/c24-14-20(16-6-8-18(25)9-7-16)29-19(21(31)30-22(15-28)12-13-22)10-11-23(26,27)17-4-2-1-3-5-17/h1-9,19-20,29H,10-14H2,(H,30,31)/t19-,20+/m0/s1. The normalized spacial score (nSPS) is 16.7. The van der Waals surface area contributed by atoms with Gasteiger partial charge in [-0.25, -0.2) is 17.6 Å². The van der Waals surface area contributed by atoms with Crippen LogP contribution in [0.4, 0.5) is 17.6 Å². The summed E-state index contributed by atoms with van der Waals surface area (Å²) in [6, 6.07) is 12.2. The van der Waals surface area contributed by atoms with E-state index in [0.29, 0.717) is 18.4 Å². The fourth-order valence-electron chi connectivity index (χ4n) is 3.32. The molecule has 0 spiro atoms. The van der Waals surface area contributed by atoms with Gasteiger partial charge in [0.1, 0.15) is 18.0 Å². The summed E-state index contributed by atoms with van der Waals surface area (Å²) in [4.78, 5) is 12.8. The molecule has 0 heterocycles. The molecule has 4 nitrogen and oxygen atoms in total. The molecule has 0 unspecified atom stereocenters. The molecule has 1 amide bonds. The Labute approximate surface area is 178 Å². The summed E-state index contributed by atoms with van der Waals surface area (Å²) in [7, 11) is 0. The minimum Gasteiger partial charge on any atom is -0.336 e. The average molecular weight is 433 g/mol. The molecule has 0 aliphatic heterocycles. The van der Waals surface area contributed by atoms with Crippen LogP contribution >= 0.6 is 0 Å². The second kappa shape index (κ2) is 9.48. The summed E-state index contributed by atoms with van der Waals surface area (Å²) in [6.45, 7) is -0.923. The number of halogens is 4.